The standard InChI is InChI=1S/C25H20ClN3O3S/c1-16-9-10-17(12-21(16)26)13-22-24(31)29(18-6-3-2-4-7-18)25(33-22)20(14-27)23(30)28-15-19-8-5-11-32-19/h2-12,22H,13,15H2,1H3,(H,28,30). The summed E-state index contributed by atoms with van der Waals surface area (Å²) in [6.07, 6.45) is 1.93. The van der Waals surface area contributed by atoms with E-state index in [1.54, 1.807) is 36.4 Å². The van der Waals surface area contributed by atoms with E-state index in [4.69, 9.17) is 16.0 Å². The highest BCUT2D eigenvalue weighted by molar-refractivity contribution is 8.05. The van der Waals surface area contributed by atoms with Gasteiger partial charge in [0.25, 0.3) is 5.91 Å². The van der Waals surface area contributed by atoms with Crippen molar-refractivity contribution in [2.45, 2.75) is 25.1 Å². The van der Waals surface area contributed by atoms with Gasteiger partial charge in [0.05, 0.1) is 18.1 Å². The first kappa shape index (κ1) is 22.7. The first-order chi connectivity index (χ1) is 16.0. The van der Waals surface area contributed by atoms with Crippen LogP contribution >= 0.6 is 23.4 Å². The number of benzene rings is 2. The molecule has 1 saturated heterocycles. The van der Waals surface area contributed by atoms with Crippen LogP contribution in [0.4, 0.5) is 5.69 Å². The number of halogens is 1. The molecule has 2 heterocycles. The number of carbonyl (C=O) groups is 2. The van der Waals surface area contributed by atoms with E-state index in [-0.39, 0.29) is 18.0 Å². The Labute approximate surface area is 200 Å². The summed E-state index contributed by atoms with van der Waals surface area (Å²) in [4.78, 5) is 27.8. The van der Waals surface area contributed by atoms with Gasteiger partial charge < -0.3 is 9.73 Å². The van der Waals surface area contributed by atoms with Gasteiger partial charge in [-0.05, 0) is 54.8 Å². The lowest BCUT2D eigenvalue weighted by molar-refractivity contribution is -0.117. The van der Waals surface area contributed by atoms with Gasteiger partial charge in [-0.3, -0.25) is 14.5 Å². The number of carbonyl (C=O) groups excluding carboxylic acids is 2. The maximum Gasteiger partial charge on any atom is 0.265 e. The maximum atomic E-state index is 13.4. The lowest BCUT2D eigenvalue weighted by Crippen LogP contribution is -2.32. The molecule has 0 radical (unpaired) electrons. The number of rotatable bonds is 6. The fourth-order valence-corrected chi connectivity index (χ4v) is 4.96. The molecule has 1 fully saturated rings. The Hall–Kier alpha value is -3.47. The fraction of sp³-hybridized carbons (Fsp3) is 0.160. The number of nitrogens with one attached hydrogen (secondary N) is 1. The Kier molecular flexibility index (Phi) is 6.87. The molecule has 1 aliphatic heterocycles. The normalized spacial score (nSPS) is 17.1. The van der Waals surface area contributed by atoms with Gasteiger partial charge in [0.15, 0.2) is 0 Å². The highest BCUT2D eigenvalue weighted by Crippen LogP contribution is 2.42. The number of aryl methyl sites for hydroxylation is 1. The van der Waals surface area contributed by atoms with Gasteiger partial charge in [0.2, 0.25) is 5.91 Å². The van der Waals surface area contributed by atoms with Crippen LogP contribution in [-0.4, -0.2) is 17.1 Å². The van der Waals surface area contributed by atoms with Gasteiger partial charge in [-0.25, -0.2) is 0 Å². The Bertz CT molecular complexity index is 1250. The number of anilines is 1. The summed E-state index contributed by atoms with van der Waals surface area (Å²) in [5.41, 5.74) is 2.35. The van der Waals surface area contributed by atoms with Crippen LogP contribution in [0.3, 0.4) is 0 Å². The average Bonchev–Trinajstić information content (AvgIpc) is 3.44. The molecule has 2 amide bonds. The molecule has 1 aromatic heterocycles. The summed E-state index contributed by atoms with van der Waals surface area (Å²) in [5.74, 6) is -0.191. The van der Waals surface area contributed by atoms with Crippen LogP contribution in [-0.2, 0) is 22.6 Å². The van der Waals surface area contributed by atoms with Crippen molar-refractivity contribution in [3.05, 3.63) is 99.4 Å². The molecule has 4 rings (SSSR count). The van der Waals surface area contributed by atoms with E-state index in [1.807, 2.05) is 37.3 Å². The number of hydrogen-bond acceptors (Lipinski definition) is 5. The predicted octanol–water partition coefficient (Wildman–Crippen LogP) is 4.98. The summed E-state index contributed by atoms with van der Waals surface area (Å²) in [6.45, 7) is 2.06. The zero-order valence-corrected chi connectivity index (χ0v) is 19.3. The molecular formula is C25H20ClN3O3S. The van der Waals surface area contributed by atoms with Crippen molar-refractivity contribution in [3.8, 4) is 6.07 Å². The SMILES string of the molecule is Cc1ccc(CC2SC(=C(C#N)C(=O)NCc3ccco3)N(c3ccccc3)C2=O)cc1Cl. The minimum atomic E-state index is -0.566. The van der Waals surface area contributed by atoms with E-state index in [0.717, 1.165) is 11.1 Å². The molecule has 6 nitrogen and oxygen atoms in total. The van der Waals surface area contributed by atoms with Gasteiger partial charge in [-0.1, -0.05) is 53.7 Å². The van der Waals surface area contributed by atoms with Gasteiger partial charge in [-0.2, -0.15) is 5.26 Å². The summed E-state index contributed by atoms with van der Waals surface area (Å²) >= 11 is 7.48. The van der Waals surface area contributed by atoms with Gasteiger partial charge in [-0.15, -0.1) is 0 Å². The quantitative estimate of drug-likeness (QED) is 0.399. The monoisotopic (exact) mass is 477 g/mol. The molecule has 0 saturated carbocycles. The molecule has 0 aliphatic carbocycles. The zero-order valence-electron chi connectivity index (χ0n) is 17.7. The van der Waals surface area contributed by atoms with E-state index in [1.165, 1.54) is 22.9 Å². The van der Waals surface area contributed by atoms with Crippen molar-refractivity contribution >= 4 is 40.9 Å². The van der Waals surface area contributed by atoms with Crippen LogP contribution in [0.2, 0.25) is 5.02 Å². The van der Waals surface area contributed by atoms with Gasteiger partial charge in [0.1, 0.15) is 22.4 Å². The fourth-order valence-electron chi connectivity index (χ4n) is 3.45. The van der Waals surface area contributed by atoms with Crippen LogP contribution in [0, 0.1) is 18.3 Å². The van der Waals surface area contributed by atoms with E-state index in [9.17, 15) is 14.9 Å². The lowest BCUT2D eigenvalue weighted by Gasteiger charge is -2.18. The van der Waals surface area contributed by atoms with E-state index in [0.29, 0.717) is 27.9 Å². The average molecular weight is 478 g/mol. The van der Waals surface area contributed by atoms with Gasteiger partial charge in [0, 0.05) is 10.7 Å². The molecule has 0 bridgehead atoms. The summed E-state index contributed by atoms with van der Waals surface area (Å²) < 4.78 is 5.24. The number of thioether (sulfide) groups is 1. The van der Waals surface area contributed by atoms with Crippen molar-refractivity contribution in [1.29, 1.82) is 5.26 Å². The molecule has 2 aromatic carbocycles. The topological polar surface area (TPSA) is 86.3 Å². The lowest BCUT2D eigenvalue weighted by atomic mass is 10.1. The Morgan fingerprint density at radius 2 is 2.00 bits per heavy atom. The van der Waals surface area contributed by atoms with Gasteiger partial charge >= 0.3 is 0 Å². The van der Waals surface area contributed by atoms with Crippen molar-refractivity contribution in [3.63, 3.8) is 0 Å². The highest BCUT2D eigenvalue weighted by atomic mass is 35.5. The second-order valence-electron chi connectivity index (χ2n) is 7.46. The highest BCUT2D eigenvalue weighted by Gasteiger charge is 2.40. The van der Waals surface area contributed by atoms with E-state index < -0.39 is 11.2 Å². The van der Waals surface area contributed by atoms with Crippen LogP contribution in [0.25, 0.3) is 0 Å². The summed E-state index contributed by atoms with van der Waals surface area (Å²) in [7, 11) is 0. The molecule has 0 spiro atoms. The minimum absolute atomic E-state index is 0.117. The summed E-state index contributed by atoms with van der Waals surface area (Å²) in [5, 5.41) is 13.0. The molecule has 1 aliphatic rings. The third-order valence-electron chi connectivity index (χ3n) is 5.18. The molecule has 33 heavy (non-hydrogen) atoms. The van der Waals surface area contributed by atoms with Crippen molar-refractivity contribution in [1.82, 2.24) is 5.32 Å². The first-order valence-corrected chi connectivity index (χ1v) is 11.5. The number of hydrogen-bond donors (Lipinski definition) is 1. The Balaban J connectivity index is 1.66. The first-order valence-electron chi connectivity index (χ1n) is 10.2. The Morgan fingerprint density at radius 1 is 1.21 bits per heavy atom. The van der Waals surface area contributed by atoms with Crippen molar-refractivity contribution in [2.75, 3.05) is 4.90 Å². The largest absolute Gasteiger partial charge is 0.467 e. The van der Waals surface area contributed by atoms with Crippen LogP contribution in [0.5, 0.6) is 0 Å². The van der Waals surface area contributed by atoms with E-state index in [2.05, 4.69) is 5.32 Å². The maximum absolute atomic E-state index is 13.4. The van der Waals surface area contributed by atoms with Crippen molar-refractivity contribution < 1.29 is 14.0 Å². The third kappa shape index (κ3) is 4.98. The second-order valence-corrected chi connectivity index (χ2v) is 9.06. The van der Waals surface area contributed by atoms with Crippen LogP contribution < -0.4 is 10.2 Å². The Morgan fingerprint density at radius 3 is 2.67 bits per heavy atom. The zero-order chi connectivity index (χ0) is 23.4. The number of amides is 2. The molecule has 1 N–H and O–H groups in total. The van der Waals surface area contributed by atoms with E-state index >= 15 is 0 Å². The molecule has 166 valence electrons. The molecule has 8 heteroatoms. The molecule has 1 atom stereocenters. The van der Waals surface area contributed by atoms with Crippen LogP contribution in [0.15, 0.2) is 81.9 Å². The van der Waals surface area contributed by atoms with Crippen molar-refractivity contribution in [2.24, 2.45) is 0 Å². The van der Waals surface area contributed by atoms with Crippen LogP contribution in [0.1, 0.15) is 16.9 Å². The molecule has 1 unspecified atom stereocenters. The molecular weight excluding hydrogens is 458 g/mol. The predicted molar refractivity (Wildman–Crippen MR) is 128 cm³/mol. The summed E-state index contributed by atoms with van der Waals surface area (Å²) in [6, 6.07) is 20.1. The molecule has 3 aromatic rings. The minimum Gasteiger partial charge on any atom is -0.467 e. The number of furan rings is 1. The third-order valence-corrected chi connectivity index (χ3v) is 6.85. The second kappa shape index (κ2) is 9.99. The smallest absolute Gasteiger partial charge is 0.265 e. The number of nitrogens with zero attached hydrogens (tertiary/aromatic N) is 2. The number of para-hydroxylation sites is 1. The number of nitriles is 1.